The summed E-state index contributed by atoms with van der Waals surface area (Å²) in [5, 5.41) is 0. The molecule has 2 unspecified atom stereocenters. The average molecular weight is 300 g/mol. The summed E-state index contributed by atoms with van der Waals surface area (Å²) < 4.78 is 5.36. The molecule has 2 N–H and O–H groups in total. The SMILES string of the molecule is C#CC1CCN(c2ccc(C(=O)OC(C)(C)C)cc2)C(N)C1. The highest BCUT2D eigenvalue weighted by atomic mass is 16.6. The van der Waals surface area contributed by atoms with Gasteiger partial charge in [-0.05, 0) is 57.9 Å². The van der Waals surface area contributed by atoms with Crippen LogP contribution in [0.1, 0.15) is 44.0 Å². The Morgan fingerprint density at radius 3 is 2.50 bits per heavy atom. The van der Waals surface area contributed by atoms with Gasteiger partial charge < -0.3 is 15.4 Å². The molecule has 0 saturated carbocycles. The summed E-state index contributed by atoms with van der Waals surface area (Å²) in [4.78, 5) is 14.1. The number of carbonyl (C=O) groups excluding carboxylic acids is 1. The number of nitrogens with zero attached hydrogens (tertiary/aromatic N) is 1. The number of esters is 1. The van der Waals surface area contributed by atoms with Crippen LogP contribution < -0.4 is 10.6 Å². The first-order chi connectivity index (χ1) is 10.3. The summed E-state index contributed by atoms with van der Waals surface area (Å²) in [5.74, 6) is 2.73. The third-order valence-electron chi connectivity index (χ3n) is 3.71. The standard InChI is InChI=1S/C18H24N2O2/c1-5-13-10-11-20(16(19)12-13)15-8-6-14(7-9-15)17(21)22-18(2,3)4/h1,6-9,13,16H,10-12,19H2,2-4H3. The van der Waals surface area contributed by atoms with Crippen LogP contribution in [0.2, 0.25) is 0 Å². The van der Waals surface area contributed by atoms with Gasteiger partial charge in [0.05, 0.1) is 11.7 Å². The number of benzene rings is 1. The quantitative estimate of drug-likeness (QED) is 0.674. The number of nitrogens with two attached hydrogens (primary N) is 1. The third kappa shape index (κ3) is 4.02. The zero-order chi connectivity index (χ0) is 16.3. The molecule has 0 aromatic heterocycles. The van der Waals surface area contributed by atoms with Crippen molar-refractivity contribution >= 4 is 11.7 Å². The van der Waals surface area contributed by atoms with Crippen molar-refractivity contribution in [2.75, 3.05) is 11.4 Å². The molecule has 0 bridgehead atoms. The second-order valence-electron chi connectivity index (χ2n) is 6.70. The first kappa shape index (κ1) is 16.4. The van der Waals surface area contributed by atoms with Gasteiger partial charge in [0.1, 0.15) is 5.60 Å². The van der Waals surface area contributed by atoms with E-state index in [0.29, 0.717) is 5.56 Å². The number of hydrogen-bond donors (Lipinski definition) is 1. The molecule has 1 heterocycles. The zero-order valence-corrected chi connectivity index (χ0v) is 13.5. The van der Waals surface area contributed by atoms with Crippen molar-refractivity contribution in [3.63, 3.8) is 0 Å². The molecule has 0 amide bonds. The summed E-state index contributed by atoms with van der Waals surface area (Å²) in [6.45, 7) is 6.40. The van der Waals surface area contributed by atoms with Gasteiger partial charge in [0, 0.05) is 18.2 Å². The van der Waals surface area contributed by atoms with Crippen LogP contribution in [0.5, 0.6) is 0 Å². The minimum Gasteiger partial charge on any atom is -0.456 e. The van der Waals surface area contributed by atoms with Crippen molar-refractivity contribution in [2.45, 2.75) is 45.4 Å². The largest absolute Gasteiger partial charge is 0.456 e. The fourth-order valence-corrected chi connectivity index (χ4v) is 2.60. The van der Waals surface area contributed by atoms with Crippen molar-refractivity contribution in [1.29, 1.82) is 0 Å². The van der Waals surface area contributed by atoms with Gasteiger partial charge in [-0.3, -0.25) is 0 Å². The molecular formula is C18H24N2O2. The van der Waals surface area contributed by atoms with E-state index < -0.39 is 5.60 Å². The van der Waals surface area contributed by atoms with Crippen LogP contribution in [0.15, 0.2) is 24.3 Å². The van der Waals surface area contributed by atoms with Crippen LogP contribution in [-0.4, -0.2) is 24.3 Å². The Hall–Kier alpha value is -1.99. The molecule has 2 rings (SSSR count). The maximum atomic E-state index is 12.0. The van der Waals surface area contributed by atoms with E-state index in [2.05, 4.69) is 10.8 Å². The number of terminal acetylenes is 1. The van der Waals surface area contributed by atoms with E-state index in [4.69, 9.17) is 16.9 Å². The smallest absolute Gasteiger partial charge is 0.338 e. The second kappa shape index (κ2) is 6.41. The normalized spacial score (nSPS) is 22.0. The van der Waals surface area contributed by atoms with Gasteiger partial charge in [0.2, 0.25) is 0 Å². The fraction of sp³-hybridized carbons (Fsp3) is 0.500. The van der Waals surface area contributed by atoms with Gasteiger partial charge in [-0.25, -0.2) is 4.79 Å². The lowest BCUT2D eigenvalue weighted by atomic mass is 9.95. The number of piperidine rings is 1. The molecule has 1 aliphatic rings. The molecule has 0 radical (unpaired) electrons. The average Bonchev–Trinajstić information content (AvgIpc) is 2.45. The van der Waals surface area contributed by atoms with E-state index in [1.807, 2.05) is 32.9 Å². The van der Waals surface area contributed by atoms with E-state index in [1.165, 1.54) is 0 Å². The third-order valence-corrected chi connectivity index (χ3v) is 3.71. The maximum Gasteiger partial charge on any atom is 0.338 e. The van der Waals surface area contributed by atoms with Gasteiger partial charge in [-0.2, -0.15) is 0 Å². The summed E-state index contributed by atoms with van der Waals surface area (Å²) in [6.07, 6.45) is 7.13. The highest BCUT2D eigenvalue weighted by Crippen LogP contribution is 2.26. The highest BCUT2D eigenvalue weighted by Gasteiger charge is 2.25. The predicted octanol–water partition coefficient (Wildman–Crippen LogP) is 2.78. The molecule has 1 saturated heterocycles. The number of carbonyl (C=O) groups is 1. The highest BCUT2D eigenvalue weighted by molar-refractivity contribution is 5.90. The fourth-order valence-electron chi connectivity index (χ4n) is 2.60. The minimum absolute atomic E-state index is 0.0813. The second-order valence-corrected chi connectivity index (χ2v) is 6.70. The molecule has 1 aromatic rings. The lowest BCUT2D eigenvalue weighted by Crippen LogP contribution is -2.48. The lowest BCUT2D eigenvalue weighted by Gasteiger charge is -2.37. The van der Waals surface area contributed by atoms with Crippen LogP contribution in [0, 0.1) is 18.3 Å². The lowest BCUT2D eigenvalue weighted by molar-refractivity contribution is 0.00696. The van der Waals surface area contributed by atoms with Crippen LogP contribution in [0.25, 0.3) is 0 Å². The predicted molar refractivity (Wildman–Crippen MR) is 88.5 cm³/mol. The van der Waals surface area contributed by atoms with Crippen molar-refractivity contribution in [3.8, 4) is 12.3 Å². The molecule has 4 heteroatoms. The van der Waals surface area contributed by atoms with Crippen molar-refractivity contribution in [1.82, 2.24) is 0 Å². The molecule has 1 fully saturated rings. The van der Waals surface area contributed by atoms with E-state index in [-0.39, 0.29) is 18.1 Å². The zero-order valence-electron chi connectivity index (χ0n) is 13.5. The van der Waals surface area contributed by atoms with Gasteiger partial charge in [-0.15, -0.1) is 12.3 Å². The van der Waals surface area contributed by atoms with Gasteiger partial charge in [0.15, 0.2) is 0 Å². The summed E-state index contributed by atoms with van der Waals surface area (Å²) >= 11 is 0. The topological polar surface area (TPSA) is 55.6 Å². The minimum atomic E-state index is -0.491. The first-order valence-corrected chi connectivity index (χ1v) is 7.62. The van der Waals surface area contributed by atoms with Crippen molar-refractivity contribution in [2.24, 2.45) is 11.7 Å². The summed E-state index contributed by atoms with van der Waals surface area (Å²) in [7, 11) is 0. The molecular weight excluding hydrogens is 276 g/mol. The van der Waals surface area contributed by atoms with Gasteiger partial charge in [0.25, 0.3) is 0 Å². The van der Waals surface area contributed by atoms with E-state index in [0.717, 1.165) is 25.1 Å². The number of hydrogen-bond acceptors (Lipinski definition) is 4. The van der Waals surface area contributed by atoms with Crippen LogP contribution in [-0.2, 0) is 4.74 Å². The molecule has 0 spiro atoms. The number of rotatable bonds is 2. The Morgan fingerprint density at radius 1 is 1.36 bits per heavy atom. The molecule has 118 valence electrons. The monoisotopic (exact) mass is 300 g/mol. The van der Waals surface area contributed by atoms with Crippen LogP contribution >= 0.6 is 0 Å². The van der Waals surface area contributed by atoms with Gasteiger partial charge >= 0.3 is 5.97 Å². The summed E-state index contributed by atoms with van der Waals surface area (Å²) in [5.41, 5.74) is 7.26. The Labute approximate surface area is 132 Å². The van der Waals surface area contributed by atoms with E-state index in [9.17, 15) is 4.79 Å². The summed E-state index contributed by atoms with van der Waals surface area (Å²) in [6, 6.07) is 7.39. The Bertz CT molecular complexity index is 566. The Morgan fingerprint density at radius 2 is 2.00 bits per heavy atom. The number of ether oxygens (including phenoxy) is 1. The molecule has 4 nitrogen and oxygen atoms in total. The molecule has 22 heavy (non-hydrogen) atoms. The Balaban J connectivity index is 2.06. The molecule has 2 atom stereocenters. The van der Waals surface area contributed by atoms with E-state index >= 15 is 0 Å². The van der Waals surface area contributed by atoms with E-state index in [1.54, 1.807) is 12.1 Å². The molecule has 1 aromatic carbocycles. The van der Waals surface area contributed by atoms with Crippen molar-refractivity contribution < 1.29 is 9.53 Å². The maximum absolute atomic E-state index is 12.0. The van der Waals surface area contributed by atoms with Crippen LogP contribution in [0.3, 0.4) is 0 Å². The number of anilines is 1. The first-order valence-electron chi connectivity index (χ1n) is 7.62. The van der Waals surface area contributed by atoms with Gasteiger partial charge in [-0.1, -0.05) is 0 Å². The molecule has 1 aliphatic heterocycles. The van der Waals surface area contributed by atoms with Crippen LogP contribution in [0.4, 0.5) is 5.69 Å². The molecule has 0 aliphatic carbocycles. The van der Waals surface area contributed by atoms with Crippen molar-refractivity contribution in [3.05, 3.63) is 29.8 Å². The Kier molecular flexibility index (Phi) is 4.77.